The Morgan fingerprint density at radius 1 is 1.21 bits per heavy atom. The third-order valence-corrected chi connectivity index (χ3v) is 5.30. The van der Waals surface area contributed by atoms with Gasteiger partial charge in [0.2, 0.25) is 15.9 Å². The average Bonchev–Trinajstić information content (AvgIpc) is 2.66. The Kier molecular flexibility index (Phi) is 7.29. The summed E-state index contributed by atoms with van der Waals surface area (Å²) in [5, 5.41) is 22.0. The minimum atomic E-state index is -4.05. The van der Waals surface area contributed by atoms with E-state index < -0.39 is 20.6 Å². The Balaban J connectivity index is 1.99. The van der Waals surface area contributed by atoms with Crippen LogP contribution in [0.3, 0.4) is 0 Å². The fourth-order valence-electron chi connectivity index (χ4n) is 2.79. The van der Waals surface area contributed by atoms with Crippen LogP contribution in [0.5, 0.6) is 0 Å². The van der Waals surface area contributed by atoms with Crippen LogP contribution in [0.25, 0.3) is 0 Å². The number of aryl methyl sites for hydroxylation is 1. The molecular formula is C19H24N4O5S. The van der Waals surface area contributed by atoms with E-state index >= 15 is 0 Å². The lowest BCUT2D eigenvalue weighted by Gasteiger charge is -2.18. The van der Waals surface area contributed by atoms with E-state index in [-0.39, 0.29) is 35.5 Å². The molecule has 0 bridgehead atoms. The van der Waals surface area contributed by atoms with Gasteiger partial charge in [-0.15, -0.1) is 0 Å². The lowest BCUT2D eigenvalue weighted by atomic mass is 10.0. The largest absolute Gasteiger partial charge is 0.379 e. The highest BCUT2D eigenvalue weighted by Crippen LogP contribution is 2.27. The minimum Gasteiger partial charge on any atom is -0.379 e. The van der Waals surface area contributed by atoms with Crippen molar-refractivity contribution >= 4 is 27.3 Å². The molecule has 0 aliphatic rings. The van der Waals surface area contributed by atoms with Crippen molar-refractivity contribution < 1.29 is 18.1 Å². The SMILES string of the molecule is CCC(NC(=O)CCNc1ccc(S(N)(=O)=O)cc1[N+](=O)[O-])c1ccc(C)cc1. The van der Waals surface area contributed by atoms with Gasteiger partial charge in [0.1, 0.15) is 5.69 Å². The highest BCUT2D eigenvalue weighted by atomic mass is 32.2. The van der Waals surface area contributed by atoms with Crippen LogP contribution < -0.4 is 15.8 Å². The Hall–Kier alpha value is -2.98. The van der Waals surface area contributed by atoms with E-state index in [4.69, 9.17) is 5.14 Å². The molecule has 2 aromatic carbocycles. The number of nitrogens with one attached hydrogen (secondary N) is 2. The Labute approximate surface area is 169 Å². The Morgan fingerprint density at radius 2 is 1.86 bits per heavy atom. The predicted octanol–water partition coefficient (Wildman–Crippen LogP) is 2.62. The summed E-state index contributed by atoms with van der Waals surface area (Å²) in [7, 11) is -4.05. The highest BCUT2D eigenvalue weighted by molar-refractivity contribution is 7.89. The molecule has 0 spiro atoms. The number of carbonyl (C=O) groups is 1. The molecule has 9 nitrogen and oxygen atoms in total. The number of benzene rings is 2. The fourth-order valence-corrected chi connectivity index (χ4v) is 3.32. The summed E-state index contributed by atoms with van der Waals surface area (Å²) in [6, 6.07) is 11.1. The molecule has 156 valence electrons. The van der Waals surface area contributed by atoms with Crippen LogP contribution in [0.2, 0.25) is 0 Å². The van der Waals surface area contributed by atoms with Crippen molar-refractivity contribution in [2.24, 2.45) is 5.14 Å². The number of hydrogen-bond donors (Lipinski definition) is 3. The van der Waals surface area contributed by atoms with Crippen molar-refractivity contribution in [1.29, 1.82) is 0 Å². The number of rotatable bonds is 9. The van der Waals surface area contributed by atoms with E-state index in [9.17, 15) is 23.3 Å². The zero-order valence-corrected chi connectivity index (χ0v) is 17.0. The molecular weight excluding hydrogens is 396 g/mol. The molecule has 29 heavy (non-hydrogen) atoms. The summed E-state index contributed by atoms with van der Waals surface area (Å²) in [4.78, 5) is 22.4. The number of nitrogens with zero attached hydrogens (tertiary/aromatic N) is 1. The topological polar surface area (TPSA) is 144 Å². The van der Waals surface area contributed by atoms with Crippen molar-refractivity contribution in [2.75, 3.05) is 11.9 Å². The lowest BCUT2D eigenvalue weighted by molar-refractivity contribution is -0.384. The van der Waals surface area contributed by atoms with Crippen LogP contribution in [0, 0.1) is 17.0 Å². The number of carbonyl (C=O) groups excluding carboxylic acids is 1. The Bertz CT molecular complexity index is 990. The van der Waals surface area contributed by atoms with Gasteiger partial charge in [-0.3, -0.25) is 14.9 Å². The van der Waals surface area contributed by atoms with Crippen molar-refractivity contribution in [1.82, 2.24) is 5.32 Å². The van der Waals surface area contributed by atoms with Gasteiger partial charge in [0.25, 0.3) is 5.69 Å². The van der Waals surface area contributed by atoms with Crippen LogP contribution in [0.15, 0.2) is 47.4 Å². The van der Waals surface area contributed by atoms with Gasteiger partial charge in [0.05, 0.1) is 15.9 Å². The maximum atomic E-state index is 12.3. The highest BCUT2D eigenvalue weighted by Gasteiger charge is 2.19. The van der Waals surface area contributed by atoms with Gasteiger partial charge in [-0.1, -0.05) is 36.8 Å². The first kappa shape index (κ1) is 22.3. The molecule has 10 heteroatoms. The molecule has 0 aromatic heterocycles. The summed E-state index contributed by atoms with van der Waals surface area (Å²) >= 11 is 0. The number of hydrogen-bond acceptors (Lipinski definition) is 6. The minimum absolute atomic E-state index is 0.0937. The van der Waals surface area contributed by atoms with Crippen LogP contribution in [-0.2, 0) is 14.8 Å². The molecule has 0 fully saturated rings. The standard InChI is InChI=1S/C19H24N4O5S/c1-3-16(14-6-4-13(2)5-7-14)22-19(24)10-11-21-17-9-8-15(29(20,27)28)12-18(17)23(25)26/h4-9,12,16,21H,3,10-11H2,1-2H3,(H,22,24)(H2,20,27,28). The average molecular weight is 420 g/mol. The zero-order valence-electron chi connectivity index (χ0n) is 16.2. The maximum absolute atomic E-state index is 12.3. The molecule has 1 atom stereocenters. The predicted molar refractivity (Wildman–Crippen MR) is 110 cm³/mol. The van der Waals surface area contributed by atoms with Gasteiger partial charge in [0, 0.05) is 19.0 Å². The van der Waals surface area contributed by atoms with Crippen molar-refractivity contribution in [2.45, 2.75) is 37.6 Å². The smallest absolute Gasteiger partial charge is 0.293 e. The van der Waals surface area contributed by atoms with Crippen molar-refractivity contribution in [3.8, 4) is 0 Å². The van der Waals surface area contributed by atoms with Gasteiger partial charge in [-0.05, 0) is 31.0 Å². The van der Waals surface area contributed by atoms with Gasteiger partial charge < -0.3 is 10.6 Å². The fraction of sp³-hybridized carbons (Fsp3) is 0.316. The van der Waals surface area contributed by atoms with Crippen LogP contribution in [0.1, 0.15) is 36.9 Å². The molecule has 0 aliphatic heterocycles. The first-order valence-electron chi connectivity index (χ1n) is 9.03. The summed E-state index contributed by atoms with van der Waals surface area (Å²) in [6.45, 7) is 4.11. The molecule has 4 N–H and O–H groups in total. The monoisotopic (exact) mass is 420 g/mol. The normalized spacial score (nSPS) is 12.2. The first-order valence-corrected chi connectivity index (χ1v) is 10.6. The summed E-state index contributed by atoms with van der Waals surface area (Å²) in [5.41, 5.74) is 1.83. The summed E-state index contributed by atoms with van der Waals surface area (Å²) in [5.74, 6) is -0.200. The van der Waals surface area contributed by atoms with Gasteiger partial charge >= 0.3 is 0 Å². The first-order chi connectivity index (χ1) is 13.6. The quantitative estimate of drug-likeness (QED) is 0.420. The second-order valence-corrected chi connectivity index (χ2v) is 8.16. The molecule has 0 aliphatic carbocycles. The maximum Gasteiger partial charge on any atom is 0.293 e. The molecule has 2 rings (SSSR count). The number of nitro groups is 1. The molecule has 0 saturated heterocycles. The van der Waals surface area contributed by atoms with Gasteiger partial charge in [-0.2, -0.15) is 0 Å². The third kappa shape index (κ3) is 6.26. The number of sulfonamides is 1. The van der Waals surface area contributed by atoms with Crippen LogP contribution >= 0.6 is 0 Å². The van der Waals surface area contributed by atoms with E-state index in [0.717, 1.165) is 23.6 Å². The van der Waals surface area contributed by atoms with Gasteiger partial charge in [0.15, 0.2) is 0 Å². The summed E-state index contributed by atoms with van der Waals surface area (Å²) in [6.07, 6.45) is 0.819. The molecule has 1 amide bonds. The molecule has 0 heterocycles. The lowest BCUT2D eigenvalue weighted by Crippen LogP contribution is -2.29. The number of nitrogens with two attached hydrogens (primary N) is 1. The number of nitro benzene ring substituents is 1. The van der Waals surface area contributed by atoms with E-state index in [1.54, 1.807) is 0 Å². The molecule has 1 unspecified atom stereocenters. The van der Waals surface area contributed by atoms with E-state index in [1.807, 2.05) is 38.1 Å². The third-order valence-electron chi connectivity index (χ3n) is 4.39. The summed E-state index contributed by atoms with van der Waals surface area (Å²) < 4.78 is 22.7. The molecule has 0 saturated carbocycles. The van der Waals surface area contributed by atoms with Crippen LogP contribution in [-0.4, -0.2) is 25.8 Å². The van der Waals surface area contributed by atoms with Crippen molar-refractivity contribution in [3.63, 3.8) is 0 Å². The molecule has 2 aromatic rings. The number of amides is 1. The van der Waals surface area contributed by atoms with E-state index in [2.05, 4.69) is 10.6 Å². The number of primary sulfonamides is 1. The van der Waals surface area contributed by atoms with E-state index in [0.29, 0.717) is 0 Å². The zero-order chi connectivity index (χ0) is 21.6. The molecule has 0 radical (unpaired) electrons. The second-order valence-electron chi connectivity index (χ2n) is 6.60. The van der Waals surface area contributed by atoms with E-state index in [1.165, 1.54) is 12.1 Å². The van der Waals surface area contributed by atoms with Crippen molar-refractivity contribution in [3.05, 3.63) is 63.7 Å². The van der Waals surface area contributed by atoms with Crippen LogP contribution in [0.4, 0.5) is 11.4 Å². The number of anilines is 1. The second kappa shape index (κ2) is 9.48. The Morgan fingerprint density at radius 3 is 2.41 bits per heavy atom. The van der Waals surface area contributed by atoms with Gasteiger partial charge in [-0.25, -0.2) is 13.6 Å².